The van der Waals surface area contributed by atoms with Crippen LogP contribution in [0.2, 0.25) is 0 Å². The van der Waals surface area contributed by atoms with Crippen molar-refractivity contribution in [1.82, 2.24) is 10.2 Å². The second-order valence-electron chi connectivity index (χ2n) is 5.22. The van der Waals surface area contributed by atoms with E-state index in [0.717, 1.165) is 41.8 Å². The summed E-state index contributed by atoms with van der Waals surface area (Å²) in [6.07, 6.45) is 1.12. The standard InChI is InChI=1S/C15H22BrN3O/c1-3-19(13-6-7-17-9-13)10-15(20)18-12-4-5-14(16)11(2)8-12/h4-5,8,13,17H,3,6-7,9-10H2,1-2H3,(H,18,20). The zero-order chi connectivity index (χ0) is 14.5. The maximum absolute atomic E-state index is 12.1. The molecular weight excluding hydrogens is 318 g/mol. The molecule has 5 heteroatoms. The molecule has 1 unspecified atom stereocenters. The maximum atomic E-state index is 12.1. The van der Waals surface area contributed by atoms with Crippen molar-refractivity contribution < 1.29 is 4.79 Å². The highest BCUT2D eigenvalue weighted by atomic mass is 79.9. The molecule has 1 aromatic rings. The lowest BCUT2D eigenvalue weighted by atomic mass is 10.2. The Kier molecular flexibility index (Phi) is 5.57. The number of carbonyl (C=O) groups is 1. The summed E-state index contributed by atoms with van der Waals surface area (Å²) in [5.74, 6) is 0.0560. The van der Waals surface area contributed by atoms with Crippen LogP contribution in [0.25, 0.3) is 0 Å². The van der Waals surface area contributed by atoms with E-state index < -0.39 is 0 Å². The molecule has 4 nitrogen and oxygen atoms in total. The summed E-state index contributed by atoms with van der Waals surface area (Å²) in [5, 5.41) is 6.32. The van der Waals surface area contributed by atoms with Crippen molar-refractivity contribution in [3.63, 3.8) is 0 Å². The second-order valence-corrected chi connectivity index (χ2v) is 6.08. The largest absolute Gasteiger partial charge is 0.325 e. The van der Waals surface area contributed by atoms with E-state index >= 15 is 0 Å². The van der Waals surface area contributed by atoms with Crippen LogP contribution in [0, 0.1) is 6.92 Å². The number of nitrogens with zero attached hydrogens (tertiary/aromatic N) is 1. The monoisotopic (exact) mass is 339 g/mol. The number of benzene rings is 1. The predicted octanol–water partition coefficient (Wildman–Crippen LogP) is 2.38. The summed E-state index contributed by atoms with van der Waals surface area (Å²) in [7, 11) is 0. The molecule has 2 N–H and O–H groups in total. The maximum Gasteiger partial charge on any atom is 0.238 e. The minimum absolute atomic E-state index is 0.0560. The van der Waals surface area contributed by atoms with Crippen molar-refractivity contribution in [2.24, 2.45) is 0 Å². The van der Waals surface area contributed by atoms with Crippen molar-refractivity contribution in [3.05, 3.63) is 28.2 Å². The number of hydrogen-bond donors (Lipinski definition) is 2. The van der Waals surface area contributed by atoms with Gasteiger partial charge in [0.05, 0.1) is 6.54 Å². The van der Waals surface area contributed by atoms with Crippen LogP contribution in [0.3, 0.4) is 0 Å². The van der Waals surface area contributed by atoms with Gasteiger partial charge in [-0.3, -0.25) is 9.69 Å². The fourth-order valence-electron chi connectivity index (χ4n) is 2.56. The molecule has 0 bridgehead atoms. The smallest absolute Gasteiger partial charge is 0.238 e. The normalized spacial score (nSPS) is 18.5. The van der Waals surface area contributed by atoms with Gasteiger partial charge in [0.25, 0.3) is 0 Å². The molecule has 0 saturated carbocycles. The highest BCUT2D eigenvalue weighted by molar-refractivity contribution is 9.10. The summed E-state index contributed by atoms with van der Waals surface area (Å²) in [6, 6.07) is 6.35. The van der Waals surface area contributed by atoms with Gasteiger partial charge in [-0.15, -0.1) is 0 Å². The van der Waals surface area contributed by atoms with Crippen molar-refractivity contribution in [2.75, 3.05) is 31.5 Å². The van der Waals surface area contributed by atoms with Gasteiger partial charge in [-0.1, -0.05) is 22.9 Å². The summed E-state index contributed by atoms with van der Waals surface area (Å²) >= 11 is 3.46. The predicted molar refractivity (Wildman–Crippen MR) is 86.0 cm³/mol. The van der Waals surface area contributed by atoms with Crippen molar-refractivity contribution in [3.8, 4) is 0 Å². The topological polar surface area (TPSA) is 44.4 Å². The minimum Gasteiger partial charge on any atom is -0.325 e. The van der Waals surface area contributed by atoms with Gasteiger partial charge in [0.2, 0.25) is 5.91 Å². The highest BCUT2D eigenvalue weighted by Crippen LogP contribution is 2.20. The molecule has 1 aromatic carbocycles. The molecule has 1 amide bonds. The third kappa shape index (κ3) is 4.04. The van der Waals surface area contributed by atoms with E-state index in [4.69, 9.17) is 0 Å². The molecule has 1 atom stereocenters. The molecule has 0 radical (unpaired) electrons. The average molecular weight is 340 g/mol. The summed E-state index contributed by atoms with van der Waals surface area (Å²) < 4.78 is 1.06. The first-order valence-corrected chi connectivity index (χ1v) is 7.90. The molecule has 2 rings (SSSR count). The lowest BCUT2D eigenvalue weighted by Crippen LogP contribution is -2.41. The third-order valence-electron chi connectivity index (χ3n) is 3.75. The Bertz CT molecular complexity index is 472. The van der Waals surface area contributed by atoms with Crippen LogP contribution in [-0.2, 0) is 4.79 Å². The summed E-state index contributed by atoms with van der Waals surface area (Å²) in [5.41, 5.74) is 1.98. The zero-order valence-corrected chi connectivity index (χ0v) is 13.7. The van der Waals surface area contributed by atoms with E-state index in [1.807, 2.05) is 25.1 Å². The van der Waals surface area contributed by atoms with Crippen LogP contribution in [0.5, 0.6) is 0 Å². The Morgan fingerprint density at radius 3 is 2.95 bits per heavy atom. The zero-order valence-electron chi connectivity index (χ0n) is 12.1. The lowest BCUT2D eigenvalue weighted by Gasteiger charge is -2.26. The minimum atomic E-state index is 0.0560. The number of hydrogen-bond acceptors (Lipinski definition) is 3. The number of halogens is 1. The van der Waals surface area contributed by atoms with Gasteiger partial charge in [-0.25, -0.2) is 0 Å². The fourth-order valence-corrected chi connectivity index (χ4v) is 2.80. The number of nitrogens with one attached hydrogen (secondary N) is 2. The Morgan fingerprint density at radius 2 is 2.35 bits per heavy atom. The van der Waals surface area contributed by atoms with Crippen LogP contribution < -0.4 is 10.6 Å². The Hall–Kier alpha value is -0.910. The molecule has 1 aliphatic rings. The molecule has 0 aromatic heterocycles. The van der Waals surface area contributed by atoms with Gasteiger partial charge >= 0.3 is 0 Å². The Morgan fingerprint density at radius 1 is 1.55 bits per heavy atom. The number of anilines is 1. The SMILES string of the molecule is CCN(CC(=O)Nc1ccc(Br)c(C)c1)C1CCNC1. The van der Waals surface area contributed by atoms with Crippen molar-refractivity contribution in [2.45, 2.75) is 26.3 Å². The van der Waals surface area contributed by atoms with E-state index in [9.17, 15) is 4.79 Å². The van der Waals surface area contributed by atoms with E-state index in [1.54, 1.807) is 0 Å². The van der Waals surface area contributed by atoms with Gasteiger partial charge in [-0.05, 0) is 50.2 Å². The number of rotatable bonds is 5. The molecule has 1 fully saturated rings. The number of aryl methyl sites for hydroxylation is 1. The summed E-state index contributed by atoms with van der Waals surface area (Å²) in [6.45, 7) is 7.52. The first-order valence-electron chi connectivity index (χ1n) is 7.11. The highest BCUT2D eigenvalue weighted by Gasteiger charge is 2.22. The first-order chi connectivity index (χ1) is 9.60. The van der Waals surface area contributed by atoms with Crippen molar-refractivity contribution in [1.29, 1.82) is 0 Å². The molecular formula is C15H22BrN3O. The molecule has 1 aliphatic heterocycles. The van der Waals surface area contributed by atoms with E-state index in [1.165, 1.54) is 0 Å². The van der Waals surface area contributed by atoms with Gasteiger partial charge in [-0.2, -0.15) is 0 Å². The molecule has 20 heavy (non-hydrogen) atoms. The molecule has 0 aliphatic carbocycles. The van der Waals surface area contributed by atoms with Crippen LogP contribution in [-0.4, -0.2) is 43.0 Å². The number of likely N-dealkylation sites (N-methyl/N-ethyl adjacent to an activating group) is 1. The Labute approximate surface area is 129 Å². The molecule has 1 saturated heterocycles. The Balaban J connectivity index is 1.91. The fraction of sp³-hybridized carbons (Fsp3) is 0.533. The van der Waals surface area contributed by atoms with Crippen LogP contribution >= 0.6 is 15.9 Å². The van der Waals surface area contributed by atoms with Crippen molar-refractivity contribution >= 4 is 27.5 Å². The van der Waals surface area contributed by atoms with Crippen LogP contribution in [0.4, 0.5) is 5.69 Å². The quantitative estimate of drug-likeness (QED) is 0.865. The van der Waals surface area contributed by atoms with Gasteiger partial charge < -0.3 is 10.6 Å². The van der Waals surface area contributed by atoms with Gasteiger partial charge in [0.1, 0.15) is 0 Å². The first kappa shape index (κ1) is 15.5. The van der Waals surface area contributed by atoms with Gasteiger partial charge in [0.15, 0.2) is 0 Å². The number of carbonyl (C=O) groups excluding carboxylic acids is 1. The molecule has 0 spiro atoms. The van der Waals surface area contributed by atoms with Gasteiger partial charge in [0, 0.05) is 22.7 Å². The summed E-state index contributed by atoms with van der Waals surface area (Å²) in [4.78, 5) is 14.4. The molecule has 110 valence electrons. The average Bonchev–Trinajstić information content (AvgIpc) is 2.94. The van der Waals surface area contributed by atoms with E-state index in [2.05, 4.69) is 38.4 Å². The van der Waals surface area contributed by atoms with Crippen LogP contribution in [0.1, 0.15) is 18.9 Å². The lowest BCUT2D eigenvalue weighted by molar-refractivity contribution is -0.117. The third-order valence-corrected chi connectivity index (χ3v) is 4.64. The second kappa shape index (κ2) is 7.20. The molecule has 1 heterocycles. The van der Waals surface area contributed by atoms with E-state index in [-0.39, 0.29) is 5.91 Å². The van der Waals surface area contributed by atoms with E-state index in [0.29, 0.717) is 12.6 Å². The number of amides is 1. The van der Waals surface area contributed by atoms with Crippen LogP contribution in [0.15, 0.2) is 22.7 Å².